The van der Waals surface area contributed by atoms with Gasteiger partial charge in [0.15, 0.2) is 11.3 Å². The SMILES string of the molecule is CCOC(=O)Cc1c(-c2ccc(OC)cc2)oc2c(OC)c(OC)c(OC)c(OC)c2c1=O. The summed E-state index contributed by atoms with van der Waals surface area (Å²) in [5.74, 6) is 0.868. The van der Waals surface area contributed by atoms with Gasteiger partial charge in [-0.25, -0.2) is 0 Å². The van der Waals surface area contributed by atoms with Gasteiger partial charge in [0.25, 0.3) is 0 Å². The van der Waals surface area contributed by atoms with E-state index in [9.17, 15) is 9.59 Å². The third-order valence-electron chi connectivity index (χ3n) is 5.05. The lowest BCUT2D eigenvalue weighted by Crippen LogP contribution is -2.18. The molecule has 1 aromatic heterocycles. The molecule has 33 heavy (non-hydrogen) atoms. The first-order chi connectivity index (χ1) is 15.9. The molecule has 0 saturated heterocycles. The highest BCUT2D eigenvalue weighted by Gasteiger charge is 2.30. The molecular formula is C24H26O9. The molecule has 0 aliphatic heterocycles. The Bertz CT molecular complexity index is 1210. The Morgan fingerprint density at radius 1 is 0.818 bits per heavy atom. The van der Waals surface area contributed by atoms with E-state index in [1.54, 1.807) is 38.3 Å². The first-order valence-corrected chi connectivity index (χ1v) is 10.1. The van der Waals surface area contributed by atoms with Crippen molar-refractivity contribution in [1.29, 1.82) is 0 Å². The zero-order chi connectivity index (χ0) is 24.1. The van der Waals surface area contributed by atoms with Crippen LogP contribution in [0.15, 0.2) is 33.5 Å². The van der Waals surface area contributed by atoms with E-state index >= 15 is 0 Å². The highest BCUT2D eigenvalue weighted by Crippen LogP contribution is 2.50. The highest BCUT2D eigenvalue weighted by atomic mass is 16.5. The largest absolute Gasteiger partial charge is 0.497 e. The van der Waals surface area contributed by atoms with Gasteiger partial charge >= 0.3 is 5.97 Å². The number of carbonyl (C=O) groups is 1. The summed E-state index contributed by atoms with van der Waals surface area (Å²) in [4.78, 5) is 26.1. The standard InChI is InChI=1S/C24H26O9/c1-7-32-16(25)12-15-18(26)17-20(28-3)22(29-4)24(31-6)23(30-5)21(17)33-19(15)13-8-10-14(27-2)11-9-13/h8-11H,7,12H2,1-6H3. The summed E-state index contributed by atoms with van der Waals surface area (Å²) in [5, 5.41) is 0.0589. The van der Waals surface area contributed by atoms with Crippen molar-refractivity contribution in [3.63, 3.8) is 0 Å². The van der Waals surface area contributed by atoms with Crippen LogP contribution in [0.5, 0.6) is 28.7 Å². The quantitative estimate of drug-likeness (QED) is 0.445. The molecule has 0 aliphatic rings. The zero-order valence-electron chi connectivity index (χ0n) is 19.4. The molecule has 9 heteroatoms. The minimum atomic E-state index is -0.565. The average Bonchev–Trinajstić information content (AvgIpc) is 2.84. The number of methoxy groups -OCH3 is 5. The number of carbonyl (C=O) groups excluding carboxylic acids is 1. The molecule has 1 heterocycles. The number of benzene rings is 2. The second-order valence-electron chi connectivity index (χ2n) is 6.79. The summed E-state index contributed by atoms with van der Waals surface area (Å²) in [5.41, 5.74) is 0.283. The Kier molecular flexibility index (Phi) is 7.32. The van der Waals surface area contributed by atoms with Crippen molar-refractivity contribution in [3.8, 4) is 40.1 Å². The first-order valence-electron chi connectivity index (χ1n) is 10.1. The number of rotatable bonds is 9. The van der Waals surface area contributed by atoms with Crippen LogP contribution < -0.4 is 29.1 Å². The number of fused-ring (bicyclic) bond motifs is 1. The van der Waals surface area contributed by atoms with Gasteiger partial charge in [-0.1, -0.05) is 0 Å². The maximum atomic E-state index is 13.8. The molecule has 0 N–H and O–H groups in total. The molecule has 3 aromatic rings. The summed E-state index contributed by atoms with van der Waals surface area (Å²) in [6.45, 7) is 1.87. The molecular weight excluding hydrogens is 432 g/mol. The van der Waals surface area contributed by atoms with Gasteiger partial charge in [-0.3, -0.25) is 9.59 Å². The summed E-state index contributed by atoms with van der Waals surface area (Å²) >= 11 is 0. The Labute approximate surface area is 190 Å². The summed E-state index contributed by atoms with van der Waals surface area (Å²) in [7, 11) is 7.21. The Hall–Kier alpha value is -3.88. The third kappa shape index (κ3) is 4.26. The second-order valence-corrected chi connectivity index (χ2v) is 6.79. The van der Waals surface area contributed by atoms with Crippen molar-refractivity contribution in [3.05, 3.63) is 40.1 Å². The van der Waals surface area contributed by atoms with Gasteiger partial charge < -0.3 is 32.8 Å². The Balaban J connectivity index is 2.47. The van der Waals surface area contributed by atoms with E-state index in [4.69, 9.17) is 32.8 Å². The Morgan fingerprint density at radius 2 is 1.39 bits per heavy atom. The summed E-state index contributed by atoms with van der Waals surface area (Å²) in [6.07, 6.45) is -0.298. The predicted molar refractivity (Wildman–Crippen MR) is 121 cm³/mol. The minimum Gasteiger partial charge on any atom is -0.497 e. The van der Waals surface area contributed by atoms with E-state index in [0.717, 1.165) is 0 Å². The number of ether oxygens (including phenoxy) is 6. The van der Waals surface area contributed by atoms with Crippen LogP contribution in [0.4, 0.5) is 0 Å². The van der Waals surface area contributed by atoms with Gasteiger partial charge in [-0.2, -0.15) is 0 Å². The maximum absolute atomic E-state index is 13.8. The first kappa shape index (κ1) is 23.8. The van der Waals surface area contributed by atoms with E-state index < -0.39 is 11.4 Å². The fourth-order valence-electron chi connectivity index (χ4n) is 3.60. The lowest BCUT2D eigenvalue weighted by molar-refractivity contribution is -0.142. The van der Waals surface area contributed by atoms with Crippen LogP contribution in [0, 0.1) is 0 Å². The number of hydrogen-bond donors (Lipinski definition) is 0. The predicted octanol–water partition coefficient (Wildman–Crippen LogP) is 3.61. The van der Waals surface area contributed by atoms with Gasteiger partial charge in [0.1, 0.15) is 16.9 Å². The minimum absolute atomic E-state index is 0.0589. The van der Waals surface area contributed by atoms with Gasteiger partial charge in [0, 0.05) is 5.56 Å². The third-order valence-corrected chi connectivity index (χ3v) is 5.05. The van der Waals surface area contributed by atoms with Crippen molar-refractivity contribution in [2.75, 3.05) is 42.2 Å². The second kappa shape index (κ2) is 10.2. The van der Waals surface area contributed by atoms with Gasteiger partial charge in [0.05, 0.1) is 54.1 Å². The van der Waals surface area contributed by atoms with Crippen LogP contribution in [-0.4, -0.2) is 48.1 Å². The molecule has 176 valence electrons. The Morgan fingerprint density at radius 3 is 1.91 bits per heavy atom. The molecule has 0 unspecified atom stereocenters. The lowest BCUT2D eigenvalue weighted by Gasteiger charge is -2.19. The molecule has 0 bridgehead atoms. The maximum Gasteiger partial charge on any atom is 0.310 e. The fourth-order valence-corrected chi connectivity index (χ4v) is 3.60. The monoisotopic (exact) mass is 458 g/mol. The normalized spacial score (nSPS) is 10.6. The van der Waals surface area contributed by atoms with Crippen LogP contribution in [0.25, 0.3) is 22.3 Å². The smallest absolute Gasteiger partial charge is 0.310 e. The van der Waals surface area contributed by atoms with Gasteiger partial charge in [-0.15, -0.1) is 0 Å². The van der Waals surface area contributed by atoms with Crippen LogP contribution in [0.3, 0.4) is 0 Å². The van der Waals surface area contributed by atoms with E-state index in [-0.39, 0.29) is 58.3 Å². The number of hydrogen-bond acceptors (Lipinski definition) is 9. The topological polar surface area (TPSA) is 103 Å². The molecule has 2 aromatic carbocycles. The molecule has 3 rings (SSSR count). The highest BCUT2D eigenvalue weighted by molar-refractivity contribution is 5.96. The van der Waals surface area contributed by atoms with Crippen LogP contribution in [0.2, 0.25) is 0 Å². The van der Waals surface area contributed by atoms with E-state index in [1.165, 1.54) is 28.4 Å². The van der Waals surface area contributed by atoms with Crippen molar-refractivity contribution >= 4 is 16.9 Å². The fraction of sp³-hybridized carbons (Fsp3) is 0.333. The van der Waals surface area contributed by atoms with Crippen molar-refractivity contribution in [2.45, 2.75) is 13.3 Å². The molecule has 9 nitrogen and oxygen atoms in total. The van der Waals surface area contributed by atoms with Gasteiger partial charge in [-0.05, 0) is 31.2 Å². The molecule has 0 saturated carbocycles. The van der Waals surface area contributed by atoms with Crippen molar-refractivity contribution in [2.24, 2.45) is 0 Å². The molecule has 0 fully saturated rings. The van der Waals surface area contributed by atoms with E-state index in [0.29, 0.717) is 11.3 Å². The lowest BCUT2D eigenvalue weighted by atomic mass is 10.0. The van der Waals surface area contributed by atoms with E-state index in [2.05, 4.69) is 0 Å². The van der Waals surface area contributed by atoms with Crippen LogP contribution >= 0.6 is 0 Å². The summed E-state index contributed by atoms with van der Waals surface area (Å²) in [6, 6.07) is 6.89. The zero-order valence-corrected chi connectivity index (χ0v) is 19.4. The molecule has 0 aliphatic carbocycles. The number of esters is 1. The van der Waals surface area contributed by atoms with Crippen LogP contribution in [0.1, 0.15) is 12.5 Å². The molecule has 0 amide bonds. The van der Waals surface area contributed by atoms with Gasteiger partial charge in [0.2, 0.25) is 22.7 Å². The average molecular weight is 458 g/mol. The van der Waals surface area contributed by atoms with Crippen LogP contribution in [-0.2, 0) is 16.0 Å². The molecule has 0 atom stereocenters. The molecule has 0 spiro atoms. The summed E-state index contributed by atoms with van der Waals surface area (Å²) < 4.78 is 38.5. The molecule has 0 radical (unpaired) electrons. The van der Waals surface area contributed by atoms with E-state index in [1.807, 2.05) is 0 Å². The van der Waals surface area contributed by atoms with Crippen molar-refractivity contribution in [1.82, 2.24) is 0 Å². The van der Waals surface area contributed by atoms with Crippen molar-refractivity contribution < 1.29 is 37.6 Å².